The van der Waals surface area contributed by atoms with E-state index in [1.54, 1.807) is 6.20 Å². The molecule has 5 aliphatic rings. The molecule has 0 spiro atoms. The first-order chi connectivity index (χ1) is 22.2. The van der Waals surface area contributed by atoms with Crippen LogP contribution in [-0.2, 0) is 4.74 Å². The van der Waals surface area contributed by atoms with Gasteiger partial charge in [0.15, 0.2) is 5.82 Å². The van der Waals surface area contributed by atoms with Crippen LogP contribution in [-0.4, -0.2) is 64.0 Å². The van der Waals surface area contributed by atoms with E-state index in [1.165, 1.54) is 24.3 Å². The molecule has 9 rings (SSSR count). The molecule has 2 N–H and O–H groups in total. The third-order valence-electron chi connectivity index (χ3n) is 11.5. The van der Waals surface area contributed by atoms with Gasteiger partial charge >= 0.3 is 6.01 Å². The molecule has 8 nitrogen and oxygen atoms in total. The Bertz CT molecular complexity index is 1890. The molecular weight excluding hydrogens is 588 g/mol. The van der Waals surface area contributed by atoms with Crippen molar-refractivity contribution in [2.75, 3.05) is 25.1 Å². The smallest absolute Gasteiger partial charge is 0.319 e. The molecule has 2 saturated heterocycles. The molecule has 238 valence electrons. The Morgan fingerprint density at radius 3 is 2.37 bits per heavy atom. The number of rotatable bonds is 6. The fraction of sp³-hybridized carbons (Fsp3) is 0.472. The van der Waals surface area contributed by atoms with Crippen LogP contribution in [0.25, 0.3) is 32.9 Å². The normalized spacial score (nSPS) is 27.7. The molecule has 4 aromatic rings. The number of halogens is 2. The predicted octanol–water partition coefficient (Wildman–Crippen LogP) is 6.26. The number of hydrogen-bond acceptors (Lipinski definition) is 8. The summed E-state index contributed by atoms with van der Waals surface area (Å²) < 4.78 is 43.9. The van der Waals surface area contributed by atoms with Crippen molar-refractivity contribution in [3.8, 4) is 35.4 Å². The molecule has 5 fully saturated rings. The molecular formula is C36H37F2N5O3. The van der Waals surface area contributed by atoms with E-state index < -0.39 is 11.6 Å². The van der Waals surface area contributed by atoms with Gasteiger partial charge in [-0.25, -0.2) is 8.78 Å². The maximum atomic E-state index is 16.9. The van der Waals surface area contributed by atoms with E-state index in [0.717, 1.165) is 64.5 Å². The van der Waals surface area contributed by atoms with Crippen molar-refractivity contribution in [3.63, 3.8) is 0 Å². The van der Waals surface area contributed by atoms with Gasteiger partial charge in [0.05, 0.1) is 22.1 Å². The summed E-state index contributed by atoms with van der Waals surface area (Å²) in [4.78, 5) is 16.3. The maximum Gasteiger partial charge on any atom is 0.319 e. The Labute approximate surface area is 266 Å². The summed E-state index contributed by atoms with van der Waals surface area (Å²) in [5, 5.41) is 15.9. The Balaban J connectivity index is 1.25. The standard InChI is InChI=1S/C36H37F2N5O3/c1-4-23-24-8-10-28(44)29(25(24)7-9-27(23)37)32-30(38)31-26(17-39-32)33(43-18-21-5-6-22(19-43)40-21)42-34(41-31)46-20(2)35-11-14-36(45-3,15-12-35)16-13-35/h1,7-10,17,20-22,40,44H,5-6,11-16,18-19H2,2-3H3/t20?,21-,22+,35?,36?. The van der Waals surface area contributed by atoms with Gasteiger partial charge in [-0.2, -0.15) is 9.97 Å². The second-order valence-electron chi connectivity index (χ2n) is 13.7. The average molecular weight is 626 g/mol. The van der Waals surface area contributed by atoms with E-state index >= 15 is 4.39 Å². The average Bonchev–Trinajstić information content (AvgIpc) is 3.42. The minimum absolute atomic E-state index is 0.0202. The van der Waals surface area contributed by atoms with Crippen LogP contribution in [0, 0.1) is 29.4 Å². The van der Waals surface area contributed by atoms with E-state index in [0.29, 0.717) is 34.1 Å². The van der Waals surface area contributed by atoms with Crippen LogP contribution in [0.4, 0.5) is 14.6 Å². The van der Waals surface area contributed by atoms with Crippen LogP contribution < -0.4 is 15.0 Å². The molecule has 46 heavy (non-hydrogen) atoms. The molecule has 3 aliphatic carbocycles. The van der Waals surface area contributed by atoms with Crippen molar-refractivity contribution in [2.45, 2.75) is 82.1 Å². The second-order valence-corrected chi connectivity index (χ2v) is 13.7. The number of methoxy groups -OCH3 is 1. The van der Waals surface area contributed by atoms with E-state index in [9.17, 15) is 9.50 Å². The zero-order valence-corrected chi connectivity index (χ0v) is 26.1. The third-order valence-corrected chi connectivity index (χ3v) is 11.5. The van der Waals surface area contributed by atoms with E-state index in [-0.39, 0.29) is 51.2 Å². The first-order valence-corrected chi connectivity index (χ1v) is 16.2. The number of phenolic OH excluding ortho intramolecular Hbond substituents is 1. The van der Waals surface area contributed by atoms with Crippen LogP contribution in [0.2, 0.25) is 0 Å². The molecule has 2 aromatic carbocycles. The molecule has 0 radical (unpaired) electrons. The number of anilines is 1. The number of hydrogen-bond donors (Lipinski definition) is 2. The van der Waals surface area contributed by atoms with Gasteiger partial charge < -0.3 is 24.8 Å². The number of nitrogens with one attached hydrogen (secondary N) is 1. The van der Waals surface area contributed by atoms with Gasteiger partial charge in [0.25, 0.3) is 0 Å². The number of nitrogens with zero attached hydrogens (tertiary/aromatic N) is 4. The summed E-state index contributed by atoms with van der Waals surface area (Å²) in [6, 6.07) is 6.39. The van der Waals surface area contributed by atoms with E-state index in [4.69, 9.17) is 20.9 Å². The molecule has 1 unspecified atom stereocenters. The highest BCUT2D eigenvalue weighted by Gasteiger charge is 2.52. The zero-order valence-electron chi connectivity index (χ0n) is 26.1. The molecule has 2 aromatic heterocycles. The van der Waals surface area contributed by atoms with Gasteiger partial charge in [-0.15, -0.1) is 6.42 Å². The minimum Gasteiger partial charge on any atom is -0.507 e. The van der Waals surface area contributed by atoms with Crippen LogP contribution in [0.5, 0.6) is 11.8 Å². The summed E-state index contributed by atoms with van der Waals surface area (Å²) in [6.07, 6.45) is 15.1. The van der Waals surface area contributed by atoms with Gasteiger partial charge in [-0.05, 0) is 81.9 Å². The summed E-state index contributed by atoms with van der Waals surface area (Å²) in [5.41, 5.74) is 0.0605. The monoisotopic (exact) mass is 625 g/mol. The lowest BCUT2D eigenvalue weighted by Crippen LogP contribution is -2.52. The molecule has 4 heterocycles. The molecule has 3 saturated carbocycles. The van der Waals surface area contributed by atoms with E-state index in [2.05, 4.69) is 33.0 Å². The van der Waals surface area contributed by atoms with Crippen LogP contribution in [0.3, 0.4) is 0 Å². The van der Waals surface area contributed by atoms with Crippen LogP contribution >= 0.6 is 0 Å². The number of benzene rings is 2. The van der Waals surface area contributed by atoms with Crippen molar-refractivity contribution >= 4 is 27.5 Å². The molecule has 10 heteroatoms. The number of aromatic nitrogens is 3. The van der Waals surface area contributed by atoms with Crippen molar-refractivity contribution in [2.24, 2.45) is 5.41 Å². The minimum atomic E-state index is -0.718. The SMILES string of the molecule is C#Cc1c(F)ccc2c(-c3ncc4c(N5C[C@H]6CC[C@@H](C5)N6)nc(OC(C)C56CCC(OC)(CC5)CC6)nc4c3F)c(O)ccc12. The lowest BCUT2D eigenvalue weighted by Gasteiger charge is -2.54. The number of phenols is 1. The molecule has 2 aliphatic heterocycles. The fourth-order valence-corrected chi connectivity index (χ4v) is 8.60. The van der Waals surface area contributed by atoms with Crippen molar-refractivity contribution in [3.05, 3.63) is 47.7 Å². The van der Waals surface area contributed by atoms with E-state index in [1.807, 2.05) is 7.11 Å². The largest absolute Gasteiger partial charge is 0.507 e. The fourth-order valence-electron chi connectivity index (χ4n) is 8.60. The first kappa shape index (κ1) is 29.3. The lowest BCUT2D eigenvalue weighted by molar-refractivity contribution is -0.142. The van der Waals surface area contributed by atoms with Gasteiger partial charge in [-0.3, -0.25) is 4.98 Å². The Kier molecular flexibility index (Phi) is 6.85. The predicted molar refractivity (Wildman–Crippen MR) is 172 cm³/mol. The second kappa shape index (κ2) is 10.7. The quantitative estimate of drug-likeness (QED) is 0.243. The highest BCUT2D eigenvalue weighted by molar-refractivity contribution is 6.03. The highest BCUT2D eigenvalue weighted by Crippen LogP contribution is 2.56. The number of terminal acetylenes is 1. The van der Waals surface area contributed by atoms with Crippen molar-refractivity contribution < 1.29 is 23.4 Å². The Hall–Kier alpha value is -4.07. The summed E-state index contributed by atoms with van der Waals surface area (Å²) in [7, 11) is 1.81. The molecule has 3 atom stereocenters. The van der Waals surface area contributed by atoms with Crippen molar-refractivity contribution in [1.82, 2.24) is 20.3 Å². The zero-order chi connectivity index (χ0) is 31.8. The van der Waals surface area contributed by atoms with Crippen LogP contribution in [0.1, 0.15) is 63.9 Å². The maximum absolute atomic E-state index is 16.9. The van der Waals surface area contributed by atoms with Gasteiger partial charge in [0.1, 0.15) is 34.7 Å². The van der Waals surface area contributed by atoms with Crippen LogP contribution in [0.15, 0.2) is 30.5 Å². The highest BCUT2D eigenvalue weighted by atomic mass is 19.1. The number of pyridine rings is 1. The Morgan fingerprint density at radius 1 is 1.00 bits per heavy atom. The first-order valence-electron chi connectivity index (χ1n) is 16.2. The van der Waals surface area contributed by atoms with Gasteiger partial charge in [0.2, 0.25) is 0 Å². The third kappa shape index (κ3) is 4.50. The van der Waals surface area contributed by atoms with Crippen molar-refractivity contribution in [1.29, 1.82) is 0 Å². The Morgan fingerprint density at radius 2 is 1.70 bits per heavy atom. The lowest BCUT2D eigenvalue weighted by atomic mass is 9.56. The molecule has 4 bridgehead atoms. The topological polar surface area (TPSA) is 92.6 Å². The number of piperazine rings is 1. The molecule has 0 amide bonds. The van der Waals surface area contributed by atoms with Gasteiger partial charge in [-0.1, -0.05) is 12.0 Å². The summed E-state index contributed by atoms with van der Waals surface area (Å²) >= 11 is 0. The summed E-state index contributed by atoms with van der Waals surface area (Å²) in [6.45, 7) is 3.54. The number of ether oxygens (including phenoxy) is 2. The number of aromatic hydroxyl groups is 1. The van der Waals surface area contributed by atoms with Gasteiger partial charge in [0, 0.05) is 49.3 Å². The number of fused-ring (bicyclic) bond motifs is 7. The summed E-state index contributed by atoms with van der Waals surface area (Å²) in [5.74, 6) is 1.48.